The molecular weight excluding hydrogens is 304 g/mol. The van der Waals surface area contributed by atoms with E-state index in [-0.39, 0.29) is 33.9 Å². The SMILES string of the molecule is CC(=O)Nc1nnc(S(=O)(=O)NCC2CCC(O)C2)s1. The van der Waals surface area contributed by atoms with Crippen molar-refractivity contribution in [2.45, 2.75) is 36.6 Å². The van der Waals surface area contributed by atoms with Gasteiger partial charge in [-0.3, -0.25) is 4.79 Å². The van der Waals surface area contributed by atoms with Crippen LogP contribution in [0.3, 0.4) is 0 Å². The molecule has 2 atom stereocenters. The summed E-state index contributed by atoms with van der Waals surface area (Å²) in [6.07, 6.45) is 1.78. The van der Waals surface area contributed by atoms with Crippen LogP contribution in [-0.2, 0) is 14.8 Å². The molecule has 1 aliphatic carbocycles. The first-order valence-electron chi connectivity index (χ1n) is 6.15. The summed E-state index contributed by atoms with van der Waals surface area (Å²) < 4.78 is 26.3. The molecule has 0 radical (unpaired) electrons. The van der Waals surface area contributed by atoms with Gasteiger partial charge in [-0.2, -0.15) is 0 Å². The number of carbonyl (C=O) groups is 1. The summed E-state index contributed by atoms with van der Waals surface area (Å²) >= 11 is 0.797. The summed E-state index contributed by atoms with van der Waals surface area (Å²) in [6.45, 7) is 1.58. The lowest BCUT2D eigenvalue weighted by molar-refractivity contribution is -0.114. The van der Waals surface area contributed by atoms with Crippen molar-refractivity contribution in [3.8, 4) is 0 Å². The van der Waals surface area contributed by atoms with Crippen molar-refractivity contribution in [2.24, 2.45) is 5.92 Å². The van der Waals surface area contributed by atoms with Crippen LogP contribution in [0.1, 0.15) is 26.2 Å². The van der Waals surface area contributed by atoms with Crippen LogP contribution in [0.25, 0.3) is 0 Å². The molecular formula is C10H16N4O4S2. The molecule has 1 saturated carbocycles. The van der Waals surface area contributed by atoms with E-state index in [1.165, 1.54) is 6.92 Å². The van der Waals surface area contributed by atoms with Crippen LogP contribution in [-0.4, -0.2) is 42.3 Å². The Labute approximate surface area is 120 Å². The van der Waals surface area contributed by atoms with E-state index in [9.17, 15) is 18.3 Å². The molecule has 8 nitrogen and oxygen atoms in total. The summed E-state index contributed by atoms with van der Waals surface area (Å²) in [5.41, 5.74) is 0. The van der Waals surface area contributed by atoms with E-state index in [1.807, 2.05) is 0 Å². The summed E-state index contributed by atoms with van der Waals surface area (Å²) in [6, 6.07) is 0. The molecule has 1 fully saturated rings. The number of hydrogen-bond acceptors (Lipinski definition) is 7. The Hall–Kier alpha value is -1.10. The molecule has 1 aliphatic rings. The standard InChI is InChI=1S/C10H16N4O4S2/c1-6(15)12-9-13-14-10(19-9)20(17,18)11-5-7-2-3-8(16)4-7/h7-8,11,16H,2-5H2,1H3,(H,12,13,15). The fourth-order valence-electron chi connectivity index (χ4n) is 2.04. The minimum Gasteiger partial charge on any atom is -0.393 e. The molecule has 112 valence electrons. The number of sulfonamides is 1. The molecule has 1 aromatic heterocycles. The maximum absolute atomic E-state index is 12.0. The van der Waals surface area contributed by atoms with E-state index >= 15 is 0 Å². The summed E-state index contributed by atoms with van der Waals surface area (Å²) in [7, 11) is -3.72. The topological polar surface area (TPSA) is 121 Å². The van der Waals surface area contributed by atoms with Crippen molar-refractivity contribution in [2.75, 3.05) is 11.9 Å². The fraction of sp³-hybridized carbons (Fsp3) is 0.700. The van der Waals surface area contributed by atoms with Crippen LogP contribution in [0.5, 0.6) is 0 Å². The van der Waals surface area contributed by atoms with Gasteiger partial charge in [0.05, 0.1) is 6.10 Å². The van der Waals surface area contributed by atoms with Crippen LogP contribution in [0.2, 0.25) is 0 Å². The van der Waals surface area contributed by atoms with E-state index in [1.54, 1.807) is 0 Å². The van der Waals surface area contributed by atoms with Crippen molar-refractivity contribution >= 4 is 32.4 Å². The normalized spacial score (nSPS) is 22.9. The lowest BCUT2D eigenvalue weighted by atomic mass is 10.1. The predicted molar refractivity (Wildman–Crippen MR) is 72.7 cm³/mol. The van der Waals surface area contributed by atoms with E-state index in [0.717, 1.165) is 17.8 Å². The van der Waals surface area contributed by atoms with Gasteiger partial charge in [-0.1, -0.05) is 11.3 Å². The molecule has 0 spiro atoms. The zero-order chi connectivity index (χ0) is 14.8. The largest absolute Gasteiger partial charge is 0.393 e. The lowest BCUT2D eigenvalue weighted by Gasteiger charge is -2.09. The van der Waals surface area contributed by atoms with Gasteiger partial charge >= 0.3 is 0 Å². The van der Waals surface area contributed by atoms with Crippen molar-refractivity contribution in [3.05, 3.63) is 0 Å². The molecule has 0 aliphatic heterocycles. The number of nitrogens with one attached hydrogen (secondary N) is 2. The highest BCUT2D eigenvalue weighted by Crippen LogP contribution is 2.25. The smallest absolute Gasteiger partial charge is 0.269 e. The molecule has 2 rings (SSSR count). The quantitative estimate of drug-likeness (QED) is 0.653. The van der Waals surface area contributed by atoms with Crippen LogP contribution in [0, 0.1) is 5.92 Å². The molecule has 10 heteroatoms. The van der Waals surface area contributed by atoms with Crippen molar-refractivity contribution in [3.63, 3.8) is 0 Å². The maximum Gasteiger partial charge on any atom is 0.269 e. The number of anilines is 1. The number of carbonyl (C=O) groups excluding carboxylic acids is 1. The first-order valence-corrected chi connectivity index (χ1v) is 8.45. The lowest BCUT2D eigenvalue weighted by Crippen LogP contribution is -2.28. The second-order valence-electron chi connectivity index (χ2n) is 4.74. The molecule has 1 amide bonds. The molecule has 1 heterocycles. The van der Waals surface area contributed by atoms with E-state index in [4.69, 9.17) is 0 Å². The average Bonchev–Trinajstić information content (AvgIpc) is 2.95. The molecule has 1 aromatic rings. The van der Waals surface area contributed by atoms with Crippen LogP contribution in [0.4, 0.5) is 5.13 Å². The Morgan fingerprint density at radius 3 is 2.80 bits per heavy atom. The molecule has 0 aromatic carbocycles. The predicted octanol–water partition coefficient (Wildman–Crippen LogP) is -0.0642. The minimum absolute atomic E-state index is 0.141. The van der Waals surface area contributed by atoms with Gasteiger partial charge in [0.1, 0.15) is 0 Å². The maximum atomic E-state index is 12.0. The number of amides is 1. The summed E-state index contributed by atoms with van der Waals surface area (Å²) in [5.74, 6) is -0.194. The fourth-order valence-corrected chi connectivity index (χ4v) is 4.15. The second-order valence-corrected chi connectivity index (χ2v) is 7.66. The summed E-state index contributed by atoms with van der Waals surface area (Å²) in [5, 5.41) is 19.1. The molecule has 0 bridgehead atoms. The van der Waals surface area contributed by atoms with Gasteiger partial charge < -0.3 is 10.4 Å². The zero-order valence-corrected chi connectivity index (χ0v) is 12.5. The number of rotatable bonds is 5. The first kappa shape index (κ1) is 15.3. The number of aromatic nitrogens is 2. The Bertz CT molecular complexity index is 586. The van der Waals surface area contributed by atoms with Gasteiger partial charge in [-0.05, 0) is 25.2 Å². The number of nitrogens with zero attached hydrogens (tertiary/aromatic N) is 2. The van der Waals surface area contributed by atoms with E-state index in [2.05, 4.69) is 20.2 Å². The Balaban J connectivity index is 1.95. The van der Waals surface area contributed by atoms with Crippen LogP contribution < -0.4 is 10.0 Å². The van der Waals surface area contributed by atoms with Gasteiger partial charge in [0, 0.05) is 13.5 Å². The van der Waals surface area contributed by atoms with Gasteiger partial charge in [0.15, 0.2) is 0 Å². The van der Waals surface area contributed by atoms with E-state index in [0.29, 0.717) is 12.8 Å². The zero-order valence-electron chi connectivity index (χ0n) is 10.9. The van der Waals surface area contributed by atoms with Gasteiger partial charge in [0.25, 0.3) is 10.0 Å². The average molecular weight is 320 g/mol. The highest BCUT2D eigenvalue weighted by molar-refractivity contribution is 7.91. The third-order valence-corrected chi connectivity index (χ3v) is 5.62. The Morgan fingerprint density at radius 2 is 2.20 bits per heavy atom. The molecule has 2 unspecified atom stereocenters. The monoisotopic (exact) mass is 320 g/mol. The minimum atomic E-state index is -3.72. The first-order chi connectivity index (χ1) is 9.37. The van der Waals surface area contributed by atoms with Crippen molar-refractivity contribution in [1.82, 2.24) is 14.9 Å². The second kappa shape index (κ2) is 6.12. The summed E-state index contributed by atoms with van der Waals surface area (Å²) in [4.78, 5) is 10.8. The van der Waals surface area contributed by atoms with Crippen molar-refractivity contribution in [1.29, 1.82) is 0 Å². The molecule has 0 saturated heterocycles. The van der Waals surface area contributed by atoms with E-state index < -0.39 is 10.0 Å². The van der Waals surface area contributed by atoms with Crippen LogP contribution in [0.15, 0.2) is 4.34 Å². The Morgan fingerprint density at radius 1 is 1.45 bits per heavy atom. The number of aliphatic hydroxyl groups excluding tert-OH is 1. The highest BCUT2D eigenvalue weighted by Gasteiger charge is 2.26. The third kappa shape index (κ3) is 3.95. The highest BCUT2D eigenvalue weighted by atomic mass is 32.2. The van der Waals surface area contributed by atoms with Gasteiger partial charge in [0.2, 0.25) is 15.4 Å². The van der Waals surface area contributed by atoms with Gasteiger partial charge in [-0.15, -0.1) is 10.2 Å². The molecule has 20 heavy (non-hydrogen) atoms. The van der Waals surface area contributed by atoms with Gasteiger partial charge in [-0.25, -0.2) is 13.1 Å². The Kier molecular flexibility index (Phi) is 4.68. The third-order valence-electron chi connectivity index (χ3n) is 2.99. The van der Waals surface area contributed by atoms with Crippen molar-refractivity contribution < 1.29 is 18.3 Å². The molecule has 3 N–H and O–H groups in total. The number of hydrogen-bond donors (Lipinski definition) is 3. The number of aliphatic hydroxyl groups is 1. The van der Waals surface area contributed by atoms with Crippen LogP contribution >= 0.6 is 11.3 Å².